The minimum atomic E-state index is 0. The highest BCUT2D eigenvalue weighted by atomic mass is 15.1. The summed E-state index contributed by atoms with van der Waals surface area (Å²) in [6, 6.07) is 15.7. The van der Waals surface area contributed by atoms with Crippen LogP contribution in [0.15, 0.2) is 63.8 Å². The largest absolute Gasteiger partial charge is 0.288 e. The van der Waals surface area contributed by atoms with Crippen LogP contribution in [0.5, 0.6) is 0 Å². The Balaban J connectivity index is 0.000000248. The molecule has 0 unspecified atom stereocenters. The number of aliphatic imine (C=N–C) groups is 1. The summed E-state index contributed by atoms with van der Waals surface area (Å²) < 4.78 is 0. The summed E-state index contributed by atoms with van der Waals surface area (Å²) in [5, 5.41) is 6.91. The van der Waals surface area contributed by atoms with Gasteiger partial charge in [-0.1, -0.05) is 66.2 Å². The van der Waals surface area contributed by atoms with Crippen LogP contribution < -0.4 is 0 Å². The molecular weight excluding hydrogens is 302 g/mol. The second kappa shape index (κ2) is 10.5. The molecule has 1 aliphatic rings. The monoisotopic (exact) mass is 321 g/mol. The second-order valence-electron chi connectivity index (χ2n) is 4.72. The molecule has 0 bridgehead atoms. The van der Waals surface area contributed by atoms with Gasteiger partial charge in [-0.3, -0.25) is 4.99 Å². The fourth-order valence-corrected chi connectivity index (χ4v) is 2.13. The predicted molar refractivity (Wildman–Crippen MR) is 96.6 cm³/mol. The molecule has 0 fully saturated rings. The molecule has 1 heterocycles. The molecule has 0 radical (unpaired) electrons. The number of fused-ring (bicyclic) bond motifs is 1. The minimum absolute atomic E-state index is 0. The molecule has 0 N–H and O–H groups in total. The van der Waals surface area contributed by atoms with Crippen molar-refractivity contribution in [2.24, 2.45) is 15.2 Å². The first-order valence-corrected chi connectivity index (χ1v) is 7.01. The van der Waals surface area contributed by atoms with E-state index in [0.717, 1.165) is 17.7 Å². The Morgan fingerprint density at radius 2 is 1.42 bits per heavy atom. The van der Waals surface area contributed by atoms with Crippen molar-refractivity contribution in [3.05, 3.63) is 91.7 Å². The average molecular weight is 321 g/mol. The summed E-state index contributed by atoms with van der Waals surface area (Å²) in [5.74, 6) is 0. The molecule has 1 aliphatic heterocycles. The van der Waals surface area contributed by atoms with Crippen LogP contribution in [0.2, 0.25) is 0 Å². The molecule has 0 amide bonds. The Kier molecular flexibility index (Phi) is 8.18. The summed E-state index contributed by atoms with van der Waals surface area (Å²) in [6.45, 7) is 1.44. The Morgan fingerprint density at radius 1 is 0.875 bits per heavy atom. The van der Waals surface area contributed by atoms with Crippen LogP contribution in [-0.4, -0.2) is 6.21 Å². The number of nitrogens with zero attached hydrogens (tertiary/aromatic N) is 7. The van der Waals surface area contributed by atoms with E-state index in [0.29, 0.717) is 0 Å². The van der Waals surface area contributed by atoms with Gasteiger partial charge in [0, 0.05) is 16.0 Å². The molecule has 0 saturated heterocycles. The first-order valence-electron chi connectivity index (χ1n) is 7.01. The van der Waals surface area contributed by atoms with Crippen molar-refractivity contribution in [1.29, 1.82) is 0 Å². The first kappa shape index (κ1) is 18.8. The Labute approximate surface area is 140 Å². The van der Waals surface area contributed by atoms with Crippen molar-refractivity contribution in [3.63, 3.8) is 0 Å². The fraction of sp³-hybridized carbons (Fsp3) is 0.235. The predicted octanol–water partition coefficient (Wildman–Crippen LogP) is 5.56. The van der Waals surface area contributed by atoms with Gasteiger partial charge >= 0.3 is 0 Å². The normalized spacial score (nSPS) is 10.2. The van der Waals surface area contributed by atoms with Crippen molar-refractivity contribution < 1.29 is 0 Å². The molecule has 2 aromatic carbocycles. The average Bonchev–Trinajstić information content (AvgIpc) is 3.08. The maximum absolute atomic E-state index is 8.17. The summed E-state index contributed by atoms with van der Waals surface area (Å²) >= 11 is 0. The van der Waals surface area contributed by atoms with Gasteiger partial charge in [-0.15, -0.1) is 0 Å². The van der Waals surface area contributed by atoms with Gasteiger partial charge in [-0.25, -0.2) is 0 Å². The standard InChI is InChI=1S/C8H8N6.C8H7N.CH4/c9-13-11-5-7-3-1-2-4-8(7)6-12-14-10;1-2-4-8-6-9-5-7(8)3-1;/h1-4H,5-6H2;1-5H,6H2;1H4. The van der Waals surface area contributed by atoms with Gasteiger partial charge in [0.1, 0.15) is 0 Å². The Bertz CT molecular complexity index is 746. The quantitative estimate of drug-likeness (QED) is 0.399. The van der Waals surface area contributed by atoms with Gasteiger partial charge < -0.3 is 0 Å². The van der Waals surface area contributed by atoms with Crippen molar-refractivity contribution in [3.8, 4) is 0 Å². The van der Waals surface area contributed by atoms with Crippen molar-refractivity contribution in [2.45, 2.75) is 27.1 Å². The second-order valence-corrected chi connectivity index (χ2v) is 4.72. The third kappa shape index (κ3) is 5.50. The topological polar surface area (TPSA) is 110 Å². The molecule has 122 valence electrons. The van der Waals surface area contributed by atoms with E-state index in [1.54, 1.807) is 0 Å². The molecule has 7 nitrogen and oxygen atoms in total. The van der Waals surface area contributed by atoms with Crippen molar-refractivity contribution >= 4 is 6.21 Å². The number of rotatable bonds is 4. The van der Waals surface area contributed by atoms with Crippen LogP contribution in [0.4, 0.5) is 0 Å². The molecular formula is C17H19N7. The zero-order valence-electron chi connectivity index (χ0n) is 12.4. The molecule has 24 heavy (non-hydrogen) atoms. The van der Waals surface area contributed by atoms with E-state index in [9.17, 15) is 0 Å². The number of hydrogen-bond acceptors (Lipinski definition) is 3. The van der Waals surface area contributed by atoms with E-state index >= 15 is 0 Å². The van der Waals surface area contributed by atoms with E-state index in [1.807, 2.05) is 42.6 Å². The smallest absolute Gasteiger partial charge is 0.0646 e. The number of benzene rings is 2. The maximum atomic E-state index is 8.17. The van der Waals surface area contributed by atoms with E-state index in [-0.39, 0.29) is 20.5 Å². The number of azide groups is 2. The zero-order chi connectivity index (χ0) is 16.3. The molecule has 0 atom stereocenters. The summed E-state index contributed by atoms with van der Waals surface area (Å²) in [7, 11) is 0. The maximum Gasteiger partial charge on any atom is 0.0646 e. The highest BCUT2D eigenvalue weighted by Gasteiger charge is 2.01. The van der Waals surface area contributed by atoms with Gasteiger partial charge in [0.2, 0.25) is 0 Å². The van der Waals surface area contributed by atoms with Crippen LogP contribution in [-0.2, 0) is 19.6 Å². The lowest BCUT2D eigenvalue weighted by molar-refractivity contribution is 0.963. The molecule has 2 aromatic rings. The van der Waals surface area contributed by atoms with E-state index in [4.69, 9.17) is 11.1 Å². The van der Waals surface area contributed by atoms with Crippen LogP contribution in [0.3, 0.4) is 0 Å². The third-order valence-electron chi connectivity index (χ3n) is 3.27. The van der Waals surface area contributed by atoms with Crippen LogP contribution in [0, 0.1) is 0 Å². The lowest BCUT2D eigenvalue weighted by Crippen LogP contribution is -1.89. The summed E-state index contributed by atoms with van der Waals surface area (Å²) in [4.78, 5) is 9.47. The van der Waals surface area contributed by atoms with E-state index < -0.39 is 0 Å². The molecule has 0 aliphatic carbocycles. The Morgan fingerprint density at radius 3 is 1.96 bits per heavy atom. The molecule has 7 heteroatoms. The van der Waals surface area contributed by atoms with Gasteiger partial charge in [0.25, 0.3) is 0 Å². The SMILES string of the molecule is C.C1=NCc2ccccc21.[N-]=[N+]=NCc1ccccc1CN=[N+]=[N-]. The van der Waals surface area contributed by atoms with Gasteiger partial charge in [0.15, 0.2) is 0 Å². The van der Waals surface area contributed by atoms with Crippen molar-refractivity contribution in [1.82, 2.24) is 0 Å². The van der Waals surface area contributed by atoms with Gasteiger partial charge in [-0.2, -0.15) is 0 Å². The van der Waals surface area contributed by atoms with E-state index in [1.165, 1.54) is 11.1 Å². The molecule has 0 saturated carbocycles. The summed E-state index contributed by atoms with van der Waals surface area (Å²) in [6.07, 6.45) is 1.93. The highest BCUT2D eigenvalue weighted by Crippen LogP contribution is 2.12. The van der Waals surface area contributed by atoms with Gasteiger partial charge in [0.05, 0.1) is 19.6 Å². The van der Waals surface area contributed by atoms with Gasteiger partial charge in [-0.05, 0) is 33.3 Å². The fourth-order valence-electron chi connectivity index (χ4n) is 2.13. The summed E-state index contributed by atoms with van der Waals surface area (Å²) in [5.41, 5.74) is 20.7. The molecule has 0 aromatic heterocycles. The van der Waals surface area contributed by atoms with Crippen LogP contribution >= 0.6 is 0 Å². The van der Waals surface area contributed by atoms with E-state index in [2.05, 4.69) is 37.2 Å². The van der Waals surface area contributed by atoms with Crippen LogP contribution in [0.25, 0.3) is 20.9 Å². The highest BCUT2D eigenvalue weighted by molar-refractivity contribution is 5.84. The molecule has 0 spiro atoms. The van der Waals surface area contributed by atoms with Crippen LogP contribution in [0.1, 0.15) is 29.7 Å². The minimum Gasteiger partial charge on any atom is -0.288 e. The first-order chi connectivity index (χ1) is 11.3. The van der Waals surface area contributed by atoms with Crippen molar-refractivity contribution in [2.75, 3.05) is 0 Å². The third-order valence-corrected chi connectivity index (χ3v) is 3.27. The molecule has 3 rings (SSSR count). The Hall–Kier alpha value is -3.27. The zero-order valence-corrected chi connectivity index (χ0v) is 12.4. The lowest BCUT2D eigenvalue weighted by Gasteiger charge is -2.02. The number of hydrogen-bond donors (Lipinski definition) is 0. The lowest BCUT2D eigenvalue weighted by atomic mass is 10.1.